The maximum absolute atomic E-state index is 13.5. The van der Waals surface area contributed by atoms with Crippen molar-refractivity contribution in [2.45, 2.75) is 42.8 Å². The molecule has 1 aliphatic rings. The van der Waals surface area contributed by atoms with Gasteiger partial charge in [-0.05, 0) is 53.9 Å². The van der Waals surface area contributed by atoms with Crippen LogP contribution in [0.4, 0.5) is 0 Å². The molecule has 0 aliphatic carbocycles. The summed E-state index contributed by atoms with van der Waals surface area (Å²) in [6, 6.07) is 38.5. The zero-order valence-corrected chi connectivity index (χ0v) is 32.7. The number of hydrogen-bond donors (Lipinski definition) is 4. The first kappa shape index (κ1) is 39.0. The molecule has 3 heterocycles. The summed E-state index contributed by atoms with van der Waals surface area (Å²) in [6.45, 7) is 1.53. The van der Waals surface area contributed by atoms with Gasteiger partial charge in [-0.15, -0.1) is 5.10 Å². The van der Waals surface area contributed by atoms with Crippen LogP contribution in [0, 0.1) is 6.92 Å². The van der Waals surface area contributed by atoms with Crippen LogP contribution in [0.25, 0.3) is 11.0 Å². The molecule has 0 amide bonds. The number of hydrogen-bond acceptors (Lipinski definition) is 9. The summed E-state index contributed by atoms with van der Waals surface area (Å²) in [5.74, 6) is 0.762. The fraction of sp³-hybridized carbons (Fsp3) is 0.190. The number of rotatable bonds is 12. The third-order valence-corrected chi connectivity index (χ3v) is 11.4. The molecule has 1 unspecified atom stereocenters. The maximum Gasteiger partial charge on any atom is 0.469 e. The largest absolute Gasteiger partial charge is 0.497 e. The Morgan fingerprint density at radius 1 is 0.862 bits per heavy atom. The summed E-state index contributed by atoms with van der Waals surface area (Å²) in [6.07, 6.45) is -3.25. The molecule has 0 bridgehead atoms. The number of phosphoric acid groups is 1. The van der Waals surface area contributed by atoms with Crippen molar-refractivity contribution in [2.24, 2.45) is 0 Å². The van der Waals surface area contributed by atoms with Gasteiger partial charge >= 0.3 is 13.5 Å². The van der Waals surface area contributed by atoms with Gasteiger partial charge < -0.3 is 24.0 Å². The van der Waals surface area contributed by atoms with Gasteiger partial charge in [-0.3, -0.25) is 24.0 Å². The summed E-state index contributed by atoms with van der Waals surface area (Å²) in [5.41, 5.74) is -1.72. The molecule has 16 heteroatoms. The molecule has 7 aromatic rings. The fourth-order valence-corrected chi connectivity index (χ4v) is 9.05. The smallest absolute Gasteiger partial charge is 0.469 e. The third kappa shape index (κ3) is 6.73. The second-order valence-corrected chi connectivity index (χ2v) is 15.5. The Hall–Kier alpha value is -5.86. The molecular formula is C42H37ClN5O9P. The summed E-state index contributed by atoms with van der Waals surface area (Å²) < 4.78 is 40.4. The first-order valence-corrected chi connectivity index (χ1v) is 20.1. The average Bonchev–Trinajstić information content (AvgIpc) is 3.88. The number of phosphoric ester groups is 1. The van der Waals surface area contributed by atoms with Crippen molar-refractivity contribution < 1.29 is 33.1 Å². The summed E-state index contributed by atoms with van der Waals surface area (Å²) >= 11 is 7.39. The molecule has 8 rings (SSSR count). The quantitative estimate of drug-likeness (QED) is 0.0772. The van der Waals surface area contributed by atoms with Crippen LogP contribution in [-0.2, 0) is 24.8 Å². The van der Waals surface area contributed by atoms with Crippen molar-refractivity contribution in [1.29, 1.82) is 0 Å². The number of halogens is 1. The van der Waals surface area contributed by atoms with Crippen molar-refractivity contribution in [3.63, 3.8) is 0 Å². The lowest BCUT2D eigenvalue weighted by molar-refractivity contribution is -0.151. The van der Waals surface area contributed by atoms with E-state index in [4.69, 9.17) is 30.3 Å². The highest BCUT2D eigenvalue weighted by molar-refractivity contribution is 7.46. The molecule has 2 aromatic heterocycles. The number of nitrogens with zero attached hydrogens (tertiary/aromatic N) is 3. The first-order valence-electron chi connectivity index (χ1n) is 18.2. The topological polar surface area (TPSA) is 191 Å². The molecule has 296 valence electrons. The lowest BCUT2D eigenvalue weighted by atomic mass is 9.54. The fourth-order valence-electron chi connectivity index (χ4n) is 8.23. The molecule has 0 radical (unpaired) electrons. The summed E-state index contributed by atoms with van der Waals surface area (Å²) in [5, 5.41) is 11.5. The Bertz CT molecular complexity index is 2700. The van der Waals surface area contributed by atoms with Crippen LogP contribution < -0.4 is 20.7 Å². The Morgan fingerprint density at radius 2 is 1.50 bits per heavy atom. The lowest BCUT2D eigenvalue weighted by Crippen LogP contribution is -2.64. The number of ether oxygens (including phenoxy) is 3. The van der Waals surface area contributed by atoms with E-state index < -0.39 is 48.5 Å². The van der Waals surface area contributed by atoms with Crippen molar-refractivity contribution in [2.75, 3.05) is 7.11 Å². The van der Waals surface area contributed by atoms with Gasteiger partial charge in [-0.25, -0.2) is 9.36 Å². The number of aromatic nitrogens is 5. The number of H-pyrrole nitrogens is 2. The van der Waals surface area contributed by atoms with Crippen molar-refractivity contribution in [3.05, 3.63) is 187 Å². The molecule has 1 aliphatic heterocycles. The Kier molecular flexibility index (Phi) is 10.4. The average molecular weight is 822 g/mol. The molecule has 1 saturated heterocycles. The molecule has 0 saturated carbocycles. The van der Waals surface area contributed by atoms with E-state index >= 15 is 0 Å². The predicted octanol–water partition coefficient (Wildman–Crippen LogP) is 6.55. The SMILES string of the molecule is COc1ccc(C(c2ccccc2)(c2ccccc2)C(Oc2cccc3[nH]nnc23)(c2ccccc2Cl)[C@H]2O[C@@H](n3cc(C)c(=O)[nH]c3=O)C[C@@H]2OP(=O)(O)O)cc1. The van der Waals surface area contributed by atoms with E-state index in [0.717, 1.165) is 0 Å². The van der Waals surface area contributed by atoms with Gasteiger partial charge in [0.2, 0.25) is 0 Å². The van der Waals surface area contributed by atoms with Crippen LogP contribution in [-0.4, -0.2) is 54.1 Å². The minimum absolute atomic E-state index is 0.201. The first-order chi connectivity index (χ1) is 28.0. The number of fused-ring (bicyclic) bond motifs is 1. The third-order valence-electron chi connectivity index (χ3n) is 10.6. The van der Waals surface area contributed by atoms with Gasteiger partial charge in [-0.2, -0.15) is 0 Å². The van der Waals surface area contributed by atoms with Crippen molar-refractivity contribution in [1.82, 2.24) is 25.0 Å². The van der Waals surface area contributed by atoms with E-state index in [9.17, 15) is 23.9 Å². The number of aromatic amines is 2. The van der Waals surface area contributed by atoms with Crippen LogP contribution in [0.15, 0.2) is 143 Å². The van der Waals surface area contributed by atoms with Crippen LogP contribution >= 0.6 is 19.4 Å². The van der Waals surface area contributed by atoms with Crippen molar-refractivity contribution >= 4 is 30.5 Å². The zero-order chi connectivity index (χ0) is 40.7. The Labute approximate surface area is 336 Å². The highest BCUT2D eigenvalue weighted by atomic mass is 35.5. The molecular weight excluding hydrogens is 785 g/mol. The maximum atomic E-state index is 13.5. The molecule has 5 aromatic carbocycles. The second-order valence-electron chi connectivity index (χ2n) is 13.9. The highest BCUT2D eigenvalue weighted by Crippen LogP contribution is 2.61. The molecule has 0 spiro atoms. The van der Waals surface area contributed by atoms with Gasteiger partial charge in [0.15, 0.2) is 16.9 Å². The van der Waals surface area contributed by atoms with E-state index in [2.05, 4.69) is 20.4 Å². The second kappa shape index (κ2) is 15.5. The molecule has 14 nitrogen and oxygen atoms in total. The standard InChI is InChI=1S/C42H37ClN5O9P/c1-26-25-48(40(50)44-39(26)49)36-24-35(57-58(51,52)53)38(55-36)42(31-16-9-10-17-32(31)43,56-34-19-11-18-33-37(34)46-47-45-33)41(27-12-5-3-6-13-27,28-14-7-4-8-15-28)29-20-22-30(54-2)23-21-29/h3-23,25,35-36,38H,24H2,1-2H3,(H,44,49,50)(H,45,46,47)(H2,51,52,53)/t35-,36+,38-,42?/m0/s1. The van der Waals surface area contributed by atoms with E-state index in [1.54, 1.807) is 61.7 Å². The highest BCUT2D eigenvalue weighted by Gasteiger charge is 2.68. The number of benzene rings is 5. The van der Waals surface area contributed by atoms with Crippen LogP contribution in [0.1, 0.15) is 40.5 Å². The molecule has 1 fully saturated rings. The Balaban J connectivity index is 1.58. The molecule has 4 N–H and O–H groups in total. The summed E-state index contributed by atoms with van der Waals surface area (Å²) in [7, 11) is -3.76. The van der Waals surface area contributed by atoms with E-state index in [1.807, 2.05) is 72.8 Å². The van der Waals surface area contributed by atoms with Gasteiger partial charge in [0, 0.05) is 28.8 Å². The van der Waals surface area contributed by atoms with Crippen molar-refractivity contribution in [3.8, 4) is 11.5 Å². The van der Waals surface area contributed by atoms with Crippen LogP contribution in [0.2, 0.25) is 5.02 Å². The molecule has 58 heavy (non-hydrogen) atoms. The number of methoxy groups -OCH3 is 1. The van der Waals surface area contributed by atoms with E-state index in [0.29, 0.717) is 39.0 Å². The summed E-state index contributed by atoms with van der Waals surface area (Å²) in [4.78, 5) is 49.6. The van der Waals surface area contributed by atoms with Gasteiger partial charge in [0.1, 0.15) is 24.2 Å². The van der Waals surface area contributed by atoms with Crippen LogP contribution in [0.3, 0.4) is 0 Å². The zero-order valence-electron chi connectivity index (χ0n) is 31.1. The van der Waals surface area contributed by atoms with Gasteiger partial charge in [0.25, 0.3) is 5.56 Å². The van der Waals surface area contributed by atoms with Gasteiger partial charge in [0.05, 0.1) is 18.0 Å². The minimum atomic E-state index is -5.32. The van der Waals surface area contributed by atoms with Gasteiger partial charge in [-0.1, -0.05) is 114 Å². The normalized spacial score (nSPS) is 18.2. The molecule has 4 atom stereocenters. The minimum Gasteiger partial charge on any atom is -0.497 e. The van der Waals surface area contributed by atoms with Crippen LogP contribution in [0.5, 0.6) is 11.5 Å². The van der Waals surface area contributed by atoms with E-state index in [1.165, 1.54) is 17.7 Å². The monoisotopic (exact) mass is 821 g/mol. The predicted molar refractivity (Wildman–Crippen MR) is 215 cm³/mol. The lowest BCUT2D eigenvalue weighted by Gasteiger charge is -2.55. The number of aryl methyl sites for hydroxylation is 1. The number of nitrogens with one attached hydrogen (secondary N) is 2. The van der Waals surface area contributed by atoms with E-state index in [-0.39, 0.29) is 22.8 Å². The Morgan fingerprint density at radius 3 is 2.14 bits per heavy atom.